The zero-order valence-corrected chi connectivity index (χ0v) is 17.7. The molecular weight excluding hydrogens is 382 g/mol. The molecule has 5 nitrogen and oxygen atoms in total. The highest BCUT2D eigenvalue weighted by atomic mass is 35.5. The number of nitrogens with zero attached hydrogens (tertiary/aromatic N) is 5. The fourth-order valence-corrected chi connectivity index (χ4v) is 3.68. The second-order valence-electron chi connectivity index (χ2n) is 7.39. The van der Waals surface area contributed by atoms with Gasteiger partial charge < -0.3 is 4.90 Å². The van der Waals surface area contributed by atoms with Gasteiger partial charge in [-0.15, -0.1) is 0 Å². The first-order valence-electron chi connectivity index (χ1n) is 10.1. The molecule has 0 amide bonds. The summed E-state index contributed by atoms with van der Waals surface area (Å²) in [5, 5.41) is 9.13. The van der Waals surface area contributed by atoms with Gasteiger partial charge in [0.05, 0.1) is 6.20 Å². The van der Waals surface area contributed by atoms with Crippen molar-refractivity contribution in [1.29, 1.82) is 5.26 Å². The number of hydrogen-bond acceptors (Lipinski definition) is 5. The first-order chi connectivity index (χ1) is 14.1. The number of anilines is 1. The van der Waals surface area contributed by atoms with Gasteiger partial charge in [-0.05, 0) is 36.3 Å². The Labute approximate surface area is 177 Å². The minimum Gasteiger partial charge on any atom is -0.355 e. The lowest BCUT2D eigenvalue weighted by molar-refractivity contribution is 0.510. The Morgan fingerprint density at radius 2 is 2.21 bits per heavy atom. The van der Waals surface area contributed by atoms with E-state index >= 15 is 0 Å². The largest absolute Gasteiger partial charge is 0.355 e. The van der Waals surface area contributed by atoms with E-state index in [0.717, 1.165) is 32.4 Å². The predicted octanol–water partition coefficient (Wildman–Crippen LogP) is 5.38. The third kappa shape index (κ3) is 5.42. The smallest absolute Gasteiger partial charge is 0.178 e. The summed E-state index contributed by atoms with van der Waals surface area (Å²) in [6.07, 6.45) is 8.91. The molecule has 2 atom stereocenters. The molecule has 0 radical (unpaired) electrons. The quantitative estimate of drug-likeness (QED) is 0.603. The molecule has 0 N–H and O–H groups in total. The maximum atomic E-state index is 8.97. The highest BCUT2D eigenvalue weighted by Crippen LogP contribution is 2.26. The number of hydrogen-bond donors (Lipinski definition) is 0. The van der Waals surface area contributed by atoms with Gasteiger partial charge in [0, 0.05) is 31.4 Å². The molecule has 0 aliphatic carbocycles. The van der Waals surface area contributed by atoms with Crippen molar-refractivity contribution in [1.82, 2.24) is 9.97 Å². The molecule has 0 spiro atoms. The lowest BCUT2D eigenvalue weighted by atomic mass is 9.93. The molecular formula is C23H26ClN5. The summed E-state index contributed by atoms with van der Waals surface area (Å²) in [7, 11) is 0. The van der Waals surface area contributed by atoms with Crippen LogP contribution in [0, 0.1) is 23.2 Å². The Bertz CT molecular complexity index is 917. The molecule has 1 aliphatic heterocycles. The average molecular weight is 408 g/mol. The maximum Gasteiger partial charge on any atom is 0.178 e. The van der Waals surface area contributed by atoms with Crippen molar-refractivity contribution < 1.29 is 0 Å². The topological polar surface area (TPSA) is 65.2 Å². The van der Waals surface area contributed by atoms with Crippen LogP contribution >= 0.6 is 11.6 Å². The monoisotopic (exact) mass is 407 g/mol. The van der Waals surface area contributed by atoms with E-state index in [2.05, 4.69) is 59.2 Å². The van der Waals surface area contributed by atoms with Crippen molar-refractivity contribution in [2.24, 2.45) is 16.8 Å². The van der Waals surface area contributed by atoms with Crippen LogP contribution in [0.3, 0.4) is 0 Å². The lowest BCUT2D eigenvalue weighted by Gasteiger charge is -2.31. The zero-order chi connectivity index (χ0) is 20.6. The van der Waals surface area contributed by atoms with Crippen molar-refractivity contribution in [2.75, 3.05) is 18.0 Å². The minimum absolute atomic E-state index is 0.157. The van der Waals surface area contributed by atoms with Crippen LogP contribution in [0.5, 0.6) is 0 Å². The molecule has 0 saturated carbocycles. The van der Waals surface area contributed by atoms with E-state index < -0.39 is 0 Å². The van der Waals surface area contributed by atoms with Crippen LogP contribution in [-0.2, 0) is 0 Å². The molecule has 29 heavy (non-hydrogen) atoms. The summed E-state index contributed by atoms with van der Waals surface area (Å²) >= 11 is 6.05. The second-order valence-corrected chi connectivity index (χ2v) is 7.74. The highest BCUT2D eigenvalue weighted by molar-refractivity contribution is 6.30. The molecule has 6 heteroatoms. The third-order valence-electron chi connectivity index (χ3n) is 5.37. The van der Waals surface area contributed by atoms with E-state index in [1.54, 1.807) is 6.20 Å². The number of piperidine rings is 1. The van der Waals surface area contributed by atoms with Crippen LogP contribution in [0.2, 0.25) is 5.15 Å². The van der Waals surface area contributed by atoms with Gasteiger partial charge in [-0.3, -0.25) is 4.99 Å². The fraction of sp³-hybridized carbons (Fsp3) is 0.391. The van der Waals surface area contributed by atoms with E-state index in [-0.39, 0.29) is 10.8 Å². The van der Waals surface area contributed by atoms with Crippen LogP contribution in [0.15, 0.2) is 47.7 Å². The first kappa shape index (κ1) is 21.0. The number of rotatable bonds is 6. The van der Waals surface area contributed by atoms with E-state index in [9.17, 15) is 0 Å². The van der Waals surface area contributed by atoms with Crippen molar-refractivity contribution >= 4 is 29.2 Å². The van der Waals surface area contributed by atoms with Crippen LogP contribution in [0.1, 0.15) is 44.4 Å². The van der Waals surface area contributed by atoms with Crippen molar-refractivity contribution in [2.45, 2.75) is 33.1 Å². The lowest BCUT2D eigenvalue weighted by Crippen LogP contribution is -2.36. The molecule has 1 aliphatic rings. The second kappa shape index (κ2) is 10.2. The molecule has 2 aromatic rings. The molecule has 1 fully saturated rings. The summed E-state index contributed by atoms with van der Waals surface area (Å²) in [4.78, 5) is 15.3. The Morgan fingerprint density at radius 3 is 2.90 bits per heavy atom. The fourth-order valence-electron chi connectivity index (χ4n) is 3.51. The Hall–Kier alpha value is -2.71. The Kier molecular flexibility index (Phi) is 7.37. The minimum atomic E-state index is 0.157. The first-order valence-corrected chi connectivity index (χ1v) is 10.5. The zero-order valence-electron chi connectivity index (χ0n) is 16.9. The molecule has 0 bridgehead atoms. The number of nitriles is 1. The van der Waals surface area contributed by atoms with Crippen LogP contribution < -0.4 is 4.90 Å². The molecule has 1 saturated heterocycles. The summed E-state index contributed by atoms with van der Waals surface area (Å²) in [5.74, 6) is 1.51. The molecule has 1 aromatic heterocycles. The number of aromatic nitrogens is 2. The predicted molar refractivity (Wildman–Crippen MR) is 119 cm³/mol. The molecule has 2 unspecified atom stereocenters. The summed E-state index contributed by atoms with van der Waals surface area (Å²) < 4.78 is 0. The van der Waals surface area contributed by atoms with Gasteiger partial charge >= 0.3 is 0 Å². The van der Waals surface area contributed by atoms with Crippen LogP contribution in [0.4, 0.5) is 5.82 Å². The molecule has 1 aromatic carbocycles. The summed E-state index contributed by atoms with van der Waals surface area (Å²) in [5.41, 5.74) is 2.66. The number of allylic oxidation sites excluding steroid dienone is 1. The Balaban J connectivity index is 1.72. The third-order valence-corrected chi connectivity index (χ3v) is 5.63. The summed E-state index contributed by atoms with van der Waals surface area (Å²) in [6.45, 7) is 6.16. The number of aliphatic imine (C=N–C) groups is 1. The average Bonchev–Trinajstić information content (AvgIpc) is 2.77. The van der Waals surface area contributed by atoms with E-state index in [1.165, 1.54) is 11.1 Å². The number of benzene rings is 1. The van der Waals surface area contributed by atoms with E-state index in [0.29, 0.717) is 17.7 Å². The van der Waals surface area contributed by atoms with Gasteiger partial charge in [-0.2, -0.15) is 5.26 Å². The summed E-state index contributed by atoms with van der Waals surface area (Å²) in [6, 6.07) is 12.4. The molecule has 2 heterocycles. The van der Waals surface area contributed by atoms with Crippen LogP contribution in [-0.4, -0.2) is 29.3 Å². The van der Waals surface area contributed by atoms with Gasteiger partial charge in [-0.1, -0.05) is 55.8 Å². The van der Waals surface area contributed by atoms with Crippen LogP contribution in [0.25, 0.3) is 5.57 Å². The maximum absolute atomic E-state index is 8.97. The number of halogens is 1. The molecule has 150 valence electrons. The standard InChI is InChI=1S/C23H26ClN5/c1-3-17(2)20(19-9-5-4-6-10-19)14-26-13-18-8-7-11-29(16-18)22-15-27-21(12-25)23(24)28-22/h4-6,9-10,13-15,17-18H,3,7-8,11,16H2,1-2H3/b20-14+,26-13?. The van der Waals surface area contributed by atoms with Crippen molar-refractivity contribution in [3.05, 3.63) is 59.1 Å². The van der Waals surface area contributed by atoms with Gasteiger partial charge in [0.15, 0.2) is 10.8 Å². The van der Waals surface area contributed by atoms with E-state index in [1.807, 2.05) is 18.3 Å². The van der Waals surface area contributed by atoms with Gasteiger partial charge in [0.1, 0.15) is 11.9 Å². The molecule has 3 rings (SSSR count). The van der Waals surface area contributed by atoms with E-state index in [4.69, 9.17) is 21.9 Å². The van der Waals surface area contributed by atoms with Gasteiger partial charge in [-0.25, -0.2) is 9.97 Å². The van der Waals surface area contributed by atoms with Crippen molar-refractivity contribution in [3.8, 4) is 6.07 Å². The van der Waals surface area contributed by atoms with Gasteiger partial charge in [0.25, 0.3) is 0 Å². The van der Waals surface area contributed by atoms with Crippen molar-refractivity contribution in [3.63, 3.8) is 0 Å². The van der Waals surface area contributed by atoms with Gasteiger partial charge in [0.2, 0.25) is 0 Å². The Morgan fingerprint density at radius 1 is 1.41 bits per heavy atom. The SMILES string of the molecule is CCC(C)/C(=C\N=CC1CCCN(c2cnc(C#N)c(Cl)n2)C1)c1ccccc1. The normalized spacial score (nSPS) is 18.6. The highest BCUT2D eigenvalue weighted by Gasteiger charge is 2.21.